The first-order chi connectivity index (χ1) is 7.70. The predicted octanol–water partition coefficient (Wildman–Crippen LogP) is 1.95. The van der Waals surface area contributed by atoms with Gasteiger partial charge in [0.25, 0.3) is 5.97 Å². The molecule has 16 heavy (non-hydrogen) atoms. The van der Waals surface area contributed by atoms with Crippen LogP contribution in [0.3, 0.4) is 0 Å². The summed E-state index contributed by atoms with van der Waals surface area (Å²) in [5.41, 5.74) is 0.0342. The first-order valence-electron chi connectivity index (χ1n) is 5.64. The fourth-order valence-electron chi connectivity index (χ4n) is 2.05. The van der Waals surface area contributed by atoms with E-state index >= 15 is 0 Å². The summed E-state index contributed by atoms with van der Waals surface area (Å²) in [5, 5.41) is 0. The highest BCUT2D eigenvalue weighted by molar-refractivity contribution is 4.99. The Labute approximate surface area is 94.5 Å². The lowest BCUT2D eigenvalue weighted by atomic mass is 9.91. The minimum atomic E-state index is -0.829. The van der Waals surface area contributed by atoms with E-state index in [1.54, 1.807) is 6.26 Å². The smallest absolute Gasteiger partial charge is 0.283 e. The van der Waals surface area contributed by atoms with E-state index in [0.717, 1.165) is 12.2 Å². The van der Waals surface area contributed by atoms with Crippen LogP contribution < -0.4 is 0 Å². The molecule has 3 saturated heterocycles. The molecule has 3 aliphatic rings. The number of fused-ring (bicyclic) bond motifs is 3. The van der Waals surface area contributed by atoms with Crippen LogP contribution in [0.25, 0.3) is 0 Å². The Hall–Kier alpha value is -0.840. The zero-order valence-electron chi connectivity index (χ0n) is 9.40. The van der Waals surface area contributed by atoms with Gasteiger partial charge in [-0.05, 0) is 12.1 Å². The van der Waals surface area contributed by atoms with Crippen molar-refractivity contribution in [3.63, 3.8) is 0 Å². The molecule has 0 aliphatic carbocycles. The molecule has 4 heterocycles. The van der Waals surface area contributed by atoms with E-state index in [1.807, 2.05) is 12.1 Å². The Morgan fingerprint density at radius 2 is 1.88 bits per heavy atom. The lowest BCUT2D eigenvalue weighted by molar-refractivity contribution is -0.467. The van der Waals surface area contributed by atoms with Gasteiger partial charge >= 0.3 is 0 Å². The van der Waals surface area contributed by atoms with E-state index in [9.17, 15) is 0 Å². The molecule has 1 aromatic heterocycles. The quantitative estimate of drug-likeness (QED) is 0.786. The normalized spacial score (nSPS) is 37.8. The molecule has 2 bridgehead atoms. The van der Waals surface area contributed by atoms with Gasteiger partial charge in [0.1, 0.15) is 5.76 Å². The fourth-order valence-corrected chi connectivity index (χ4v) is 2.05. The van der Waals surface area contributed by atoms with Crippen LogP contribution in [0.1, 0.15) is 19.1 Å². The molecular formula is C12H16O4. The third kappa shape index (κ3) is 1.77. The summed E-state index contributed by atoms with van der Waals surface area (Å²) in [6.45, 7) is 4.25. The number of ether oxygens (including phenoxy) is 3. The highest BCUT2D eigenvalue weighted by Crippen LogP contribution is 2.40. The second-order valence-corrected chi connectivity index (χ2v) is 4.94. The molecule has 0 saturated carbocycles. The standard InChI is InChI=1S/C12H16O4/c1-11-7-14-12(15-8-11,16-9-11)5-4-10-3-2-6-13-10/h2-3,6H,4-5,7-9H2,1H3. The van der Waals surface area contributed by atoms with E-state index in [4.69, 9.17) is 18.6 Å². The summed E-state index contributed by atoms with van der Waals surface area (Å²) >= 11 is 0. The molecule has 3 fully saturated rings. The first kappa shape index (κ1) is 10.3. The van der Waals surface area contributed by atoms with Gasteiger partial charge in [-0.3, -0.25) is 0 Å². The Bertz CT molecular complexity index is 333. The molecule has 88 valence electrons. The third-order valence-corrected chi connectivity index (χ3v) is 3.18. The molecule has 0 unspecified atom stereocenters. The average Bonchev–Trinajstić information content (AvgIpc) is 2.82. The van der Waals surface area contributed by atoms with E-state index in [-0.39, 0.29) is 5.41 Å². The van der Waals surface area contributed by atoms with Gasteiger partial charge in [0.05, 0.1) is 26.1 Å². The molecule has 0 amide bonds. The van der Waals surface area contributed by atoms with Crippen molar-refractivity contribution >= 4 is 0 Å². The first-order valence-corrected chi connectivity index (χ1v) is 5.64. The summed E-state index contributed by atoms with van der Waals surface area (Å²) in [7, 11) is 0. The highest BCUT2D eigenvalue weighted by atomic mass is 16.9. The lowest BCUT2D eigenvalue weighted by Gasteiger charge is -2.50. The van der Waals surface area contributed by atoms with Gasteiger partial charge in [-0.15, -0.1) is 0 Å². The SMILES string of the molecule is CC12COC(CCc3ccco3)(OC1)OC2. The fraction of sp³-hybridized carbons (Fsp3) is 0.667. The molecule has 4 nitrogen and oxygen atoms in total. The van der Waals surface area contributed by atoms with Gasteiger partial charge in [-0.1, -0.05) is 6.92 Å². The number of aryl methyl sites for hydroxylation is 1. The maximum atomic E-state index is 5.68. The number of hydrogen-bond acceptors (Lipinski definition) is 4. The van der Waals surface area contributed by atoms with E-state index < -0.39 is 5.97 Å². The van der Waals surface area contributed by atoms with Crippen LogP contribution in [-0.4, -0.2) is 25.8 Å². The van der Waals surface area contributed by atoms with Gasteiger partial charge in [0, 0.05) is 18.3 Å². The van der Waals surface area contributed by atoms with Crippen molar-refractivity contribution < 1.29 is 18.6 Å². The van der Waals surface area contributed by atoms with E-state index in [0.29, 0.717) is 26.2 Å². The maximum Gasteiger partial charge on any atom is 0.283 e. The van der Waals surface area contributed by atoms with Gasteiger partial charge in [0.2, 0.25) is 0 Å². The van der Waals surface area contributed by atoms with Crippen molar-refractivity contribution in [3.05, 3.63) is 24.2 Å². The van der Waals surface area contributed by atoms with Gasteiger partial charge < -0.3 is 18.6 Å². The van der Waals surface area contributed by atoms with Crippen LogP contribution >= 0.6 is 0 Å². The minimum Gasteiger partial charge on any atom is -0.469 e. The van der Waals surface area contributed by atoms with Crippen LogP contribution in [0, 0.1) is 5.41 Å². The molecule has 0 N–H and O–H groups in total. The zero-order valence-corrected chi connectivity index (χ0v) is 9.40. The van der Waals surface area contributed by atoms with Crippen molar-refractivity contribution in [1.82, 2.24) is 0 Å². The second-order valence-electron chi connectivity index (χ2n) is 4.94. The third-order valence-electron chi connectivity index (χ3n) is 3.18. The number of rotatable bonds is 3. The average molecular weight is 224 g/mol. The molecular weight excluding hydrogens is 208 g/mol. The molecule has 0 radical (unpaired) electrons. The van der Waals surface area contributed by atoms with Gasteiger partial charge in [-0.2, -0.15) is 0 Å². The summed E-state index contributed by atoms with van der Waals surface area (Å²) in [6.07, 6.45) is 3.12. The van der Waals surface area contributed by atoms with Gasteiger partial charge in [-0.25, -0.2) is 0 Å². The number of hydrogen-bond donors (Lipinski definition) is 0. The Balaban J connectivity index is 1.63. The van der Waals surface area contributed by atoms with Crippen molar-refractivity contribution in [2.24, 2.45) is 5.41 Å². The second kappa shape index (κ2) is 3.58. The lowest BCUT2D eigenvalue weighted by Crippen LogP contribution is -2.58. The largest absolute Gasteiger partial charge is 0.469 e. The topological polar surface area (TPSA) is 40.8 Å². The predicted molar refractivity (Wildman–Crippen MR) is 55.7 cm³/mol. The molecule has 0 aromatic carbocycles. The van der Waals surface area contributed by atoms with Crippen LogP contribution in [0.2, 0.25) is 0 Å². The Morgan fingerprint density at radius 3 is 2.44 bits per heavy atom. The molecule has 0 atom stereocenters. The molecule has 0 spiro atoms. The number of furan rings is 1. The summed E-state index contributed by atoms with van der Waals surface area (Å²) in [4.78, 5) is 0. The molecule has 3 aliphatic heterocycles. The summed E-state index contributed by atoms with van der Waals surface area (Å²) in [5.74, 6) is 0.106. The maximum absolute atomic E-state index is 5.68. The highest BCUT2D eigenvalue weighted by Gasteiger charge is 2.49. The van der Waals surface area contributed by atoms with E-state index in [1.165, 1.54) is 0 Å². The summed E-state index contributed by atoms with van der Waals surface area (Å²) < 4.78 is 22.3. The Morgan fingerprint density at radius 1 is 1.19 bits per heavy atom. The van der Waals surface area contributed by atoms with Crippen LogP contribution in [0.5, 0.6) is 0 Å². The van der Waals surface area contributed by atoms with Crippen LogP contribution in [0.15, 0.2) is 22.8 Å². The Kier molecular flexibility index (Phi) is 2.31. The van der Waals surface area contributed by atoms with Crippen molar-refractivity contribution in [2.75, 3.05) is 19.8 Å². The van der Waals surface area contributed by atoms with Crippen molar-refractivity contribution in [3.8, 4) is 0 Å². The van der Waals surface area contributed by atoms with Crippen molar-refractivity contribution in [1.29, 1.82) is 0 Å². The van der Waals surface area contributed by atoms with Crippen LogP contribution in [0.4, 0.5) is 0 Å². The zero-order chi connectivity index (χ0) is 11.1. The molecule has 1 aromatic rings. The minimum absolute atomic E-state index is 0.0342. The summed E-state index contributed by atoms with van der Waals surface area (Å²) in [6, 6.07) is 3.83. The van der Waals surface area contributed by atoms with Crippen molar-refractivity contribution in [2.45, 2.75) is 25.7 Å². The molecule has 4 rings (SSSR count). The van der Waals surface area contributed by atoms with Gasteiger partial charge in [0.15, 0.2) is 0 Å². The van der Waals surface area contributed by atoms with Crippen LogP contribution in [-0.2, 0) is 20.6 Å². The molecule has 4 heteroatoms. The van der Waals surface area contributed by atoms with E-state index in [2.05, 4.69) is 6.92 Å². The monoisotopic (exact) mass is 224 g/mol.